The van der Waals surface area contributed by atoms with Crippen molar-refractivity contribution in [3.8, 4) is 0 Å². The maximum Gasteiger partial charge on any atom is 0.244 e. The minimum atomic E-state index is -0.169. The summed E-state index contributed by atoms with van der Waals surface area (Å²) in [6.45, 7) is 2.28. The van der Waals surface area contributed by atoms with E-state index in [0.717, 1.165) is 43.3 Å². The third-order valence-electron chi connectivity index (χ3n) is 4.79. The molecular weight excluding hydrogens is 326 g/mol. The Bertz CT molecular complexity index is 742. The predicted molar refractivity (Wildman–Crippen MR) is 92.0 cm³/mol. The van der Waals surface area contributed by atoms with Gasteiger partial charge in [-0.25, -0.2) is 0 Å². The second-order valence-corrected chi connectivity index (χ2v) is 6.77. The van der Waals surface area contributed by atoms with Crippen LogP contribution in [0.15, 0.2) is 24.3 Å². The van der Waals surface area contributed by atoms with Crippen LogP contribution in [0.5, 0.6) is 0 Å². The van der Waals surface area contributed by atoms with Crippen molar-refractivity contribution in [3.05, 3.63) is 40.9 Å². The largest absolute Gasteiger partial charge is 0.314 e. The Labute approximate surface area is 145 Å². The van der Waals surface area contributed by atoms with E-state index in [2.05, 4.69) is 20.1 Å². The molecule has 0 saturated carbocycles. The normalized spacial score (nSPS) is 20.5. The third kappa shape index (κ3) is 2.91. The molecule has 0 aliphatic carbocycles. The van der Waals surface area contributed by atoms with Crippen LogP contribution < -0.4 is 10.2 Å². The Morgan fingerprint density at radius 2 is 2.00 bits per heavy atom. The summed E-state index contributed by atoms with van der Waals surface area (Å²) in [6, 6.07) is 7.23. The Morgan fingerprint density at radius 3 is 2.83 bits per heavy atom. The number of anilines is 1. The van der Waals surface area contributed by atoms with Gasteiger partial charge in [0.1, 0.15) is 11.6 Å². The molecule has 2 aliphatic rings. The van der Waals surface area contributed by atoms with Crippen LogP contribution in [0.25, 0.3) is 0 Å². The van der Waals surface area contributed by atoms with Crippen LogP contribution in [-0.2, 0) is 24.3 Å². The Kier molecular flexibility index (Phi) is 4.24. The molecule has 1 aromatic carbocycles. The van der Waals surface area contributed by atoms with E-state index >= 15 is 0 Å². The second-order valence-electron chi connectivity index (χ2n) is 6.33. The zero-order valence-electron chi connectivity index (χ0n) is 13.4. The van der Waals surface area contributed by atoms with Crippen LogP contribution >= 0.6 is 11.6 Å². The highest BCUT2D eigenvalue weighted by molar-refractivity contribution is 6.30. The van der Waals surface area contributed by atoms with Gasteiger partial charge in [0, 0.05) is 30.2 Å². The van der Waals surface area contributed by atoms with E-state index in [1.54, 1.807) is 0 Å². The van der Waals surface area contributed by atoms with E-state index in [9.17, 15) is 4.79 Å². The Hall–Kier alpha value is -1.92. The van der Waals surface area contributed by atoms with Crippen molar-refractivity contribution in [1.82, 2.24) is 20.1 Å². The summed E-state index contributed by atoms with van der Waals surface area (Å²) in [5.41, 5.74) is 0.897. The highest BCUT2D eigenvalue weighted by atomic mass is 35.5. The fourth-order valence-corrected chi connectivity index (χ4v) is 3.59. The fraction of sp³-hybridized carbons (Fsp3) is 0.471. The molecule has 0 radical (unpaired) electrons. The lowest BCUT2D eigenvalue weighted by Crippen LogP contribution is -2.38. The third-order valence-corrected chi connectivity index (χ3v) is 5.04. The SMILES string of the molecule is O=C1[C@@H](NCc2nnc3n2CCCC3)CCN1c1ccc(Cl)cc1. The van der Waals surface area contributed by atoms with Crippen molar-refractivity contribution in [2.75, 3.05) is 11.4 Å². The van der Waals surface area contributed by atoms with Gasteiger partial charge in [0.15, 0.2) is 0 Å². The number of aryl methyl sites for hydroxylation is 1. The highest BCUT2D eigenvalue weighted by Gasteiger charge is 2.32. The van der Waals surface area contributed by atoms with Crippen molar-refractivity contribution in [3.63, 3.8) is 0 Å². The molecule has 2 aliphatic heterocycles. The molecule has 1 amide bonds. The molecule has 0 spiro atoms. The Balaban J connectivity index is 1.40. The average molecular weight is 346 g/mol. The summed E-state index contributed by atoms with van der Waals surface area (Å²) in [6.07, 6.45) is 4.15. The summed E-state index contributed by atoms with van der Waals surface area (Å²) in [7, 11) is 0. The number of hydrogen-bond donors (Lipinski definition) is 1. The van der Waals surface area contributed by atoms with Gasteiger partial charge in [-0.15, -0.1) is 10.2 Å². The second kappa shape index (κ2) is 6.53. The minimum absolute atomic E-state index is 0.107. The first-order valence-electron chi connectivity index (χ1n) is 8.43. The summed E-state index contributed by atoms with van der Waals surface area (Å²) < 4.78 is 2.19. The molecule has 3 heterocycles. The van der Waals surface area contributed by atoms with Crippen LogP contribution in [0, 0.1) is 0 Å². The standard InChI is InChI=1S/C17H20ClN5O/c18-12-4-6-13(7-5-12)22-10-8-14(17(22)24)19-11-16-21-20-15-3-1-2-9-23(15)16/h4-7,14,19H,1-3,8-11H2/t14-/m0/s1. The van der Waals surface area contributed by atoms with E-state index in [1.807, 2.05) is 29.2 Å². The summed E-state index contributed by atoms with van der Waals surface area (Å²) in [5, 5.41) is 12.6. The lowest BCUT2D eigenvalue weighted by atomic mass is 10.1. The summed E-state index contributed by atoms with van der Waals surface area (Å²) in [5.74, 6) is 2.11. The number of fused-ring (bicyclic) bond motifs is 1. The van der Waals surface area contributed by atoms with Crippen molar-refractivity contribution < 1.29 is 4.79 Å². The number of rotatable bonds is 4. The van der Waals surface area contributed by atoms with Crippen LogP contribution in [0.3, 0.4) is 0 Å². The molecule has 0 unspecified atom stereocenters. The van der Waals surface area contributed by atoms with Crippen LogP contribution in [0.1, 0.15) is 30.9 Å². The van der Waals surface area contributed by atoms with Gasteiger partial charge in [-0.3, -0.25) is 10.1 Å². The van der Waals surface area contributed by atoms with Gasteiger partial charge in [-0.05, 0) is 43.5 Å². The van der Waals surface area contributed by atoms with Gasteiger partial charge in [0.05, 0.1) is 12.6 Å². The van der Waals surface area contributed by atoms with Gasteiger partial charge < -0.3 is 9.47 Å². The lowest BCUT2D eigenvalue weighted by Gasteiger charge is -2.18. The number of aromatic nitrogens is 3. The molecule has 24 heavy (non-hydrogen) atoms. The highest BCUT2D eigenvalue weighted by Crippen LogP contribution is 2.23. The number of hydrogen-bond acceptors (Lipinski definition) is 4. The molecule has 1 aromatic heterocycles. The van der Waals surface area contributed by atoms with Gasteiger partial charge in [-0.1, -0.05) is 11.6 Å². The molecule has 0 bridgehead atoms. The molecule has 1 fully saturated rings. The average Bonchev–Trinajstić information content (AvgIpc) is 3.18. The van der Waals surface area contributed by atoms with Crippen LogP contribution in [-0.4, -0.2) is 33.3 Å². The zero-order chi connectivity index (χ0) is 16.5. The van der Waals surface area contributed by atoms with Crippen molar-refractivity contribution in [1.29, 1.82) is 0 Å². The minimum Gasteiger partial charge on any atom is -0.314 e. The molecule has 1 saturated heterocycles. The molecule has 7 heteroatoms. The first kappa shape index (κ1) is 15.6. The number of halogens is 1. The first-order chi connectivity index (χ1) is 11.7. The lowest BCUT2D eigenvalue weighted by molar-refractivity contribution is -0.118. The molecule has 1 N–H and O–H groups in total. The van der Waals surface area contributed by atoms with Crippen LogP contribution in [0.2, 0.25) is 5.02 Å². The number of nitrogens with zero attached hydrogens (tertiary/aromatic N) is 4. The first-order valence-corrected chi connectivity index (χ1v) is 8.81. The van der Waals surface area contributed by atoms with Gasteiger partial charge >= 0.3 is 0 Å². The van der Waals surface area contributed by atoms with Crippen molar-refractivity contribution in [2.45, 2.75) is 44.8 Å². The molecule has 2 aromatic rings. The number of benzene rings is 1. The van der Waals surface area contributed by atoms with E-state index in [0.29, 0.717) is 11.6 Å². The van der Waals surface area contributed by atoms with Crippen LogP contribution in [0.4, 0.5) is 5.69 Å². The molecular formula is C17H20ClN5O. The maximum atomic E-state index is 12.6. The van der Waals surface area contributed by atoms with E-state index in [-0.39, 0.29) is 11.9 Å². The molecule has 6 nitrogen and oxygen atoms in total. The van der Waals surface area contributed by atoms with Crippen molar-refractivity contribution in [2.24, 2.45) is 0 Å². The number of amides is 1. The maximum absolute atomic E-state index is 12.6. The fourth-order valence-electron chi connectivity index (χ4n) is 3.46. The van der Waals surface area contributed by atoms with E-state index in [1.165, 1.54) is 12.8 Å². The van der Waals surface area contributed by atoms with Gasteiger partial charge in [-0.2, -0.15) is 0 Å². The van der Waals surface area contributed by atoms with E-state index in [4.69, 9.17) is 11.6 Å². The smallest absolute Gasteiger partial charge is 0.244 e. The zero-order valence-corrected chi connectivity index (χ0v) is 14.2. The quantitative estimate of drug-likeness (QED) is 0.922. The van der Waals surface area contributed by atoms with E-state index < -0.39 is 0 Å². The van der Waals surface area contributed by atoms with Crippen molar-refractivity contribution >= 4 is 23.2 Å². The predicted octanol–water partition coefficient (Wildman–Crippen LogP) is 2.16. The van der Waals surface area contributed by atoms with Gasteiger partial charge in [0.25, 0.3) is 0 Å². The summed E-state index contributed by atoms with van der Waals surface area (Å²) in [4.78, 5) is 14.4. The number of carbonyl (C=O) groups is 1. The summed E-state index contributed by atoms with van der Waals surface area (Å²) >= 11 is 5.92. The van der Waals surface area contributed by atoms with Gasteiger partial charge in [0.2, 0.25) is 5.91 Å². The molecule has 4 rings (SSSR count). The topological polar surface area (TPSA) is 63.1 Å². The number of nitrogens with one attached hydrogen (secondary N) is 1. The molecule has 1 atom stereocenters. The number of carbonyl (C=O) groups excluding carboxylic acids is 1. The Morgan fingerprint density at radius 1 is 1.17 bits per heavy atom. The monoisotopic (exact) mass is 345 g/mol. The molecule has 126 valence electrons.